The van der Waals surface area contributed by atoms with Gasteiger partial charge in [-0.3, -0.25) is 19.5 Å². The van der Waals surface area contributed by atoms with Crippen molar-refractivity contribution < 1.29 is 9.59 Å². The minimum Gasteiger partial charge on any atom is -0.288 e. The first-order valence-corrected chi connectivity index (χ1v) is 9.94. The highest BCUT2D eigenvalue weighted by Gasteiger charge is 2.21. The molecule has 1 aromatic carbocycles. The highest BCUT2D eigenvalue weighted by Crippen LogP contribution is 2.32. The number of hydrogen-bond acceptors (Lipinski definition) is 6. The number of fused-ring (bicyclic) bond motifs is 1. The van der Waals surface area contributed by atoms with Gasteiger partial charge in [-0.2, -0.15) is 0 Å². The van der Waals surface area contributed by atoms with Crippen molar-refractivity contribution in [2.24, 2.45) is 0 Å². The third-order valence-electron chi connectivity index (χ3n) is 3.81. The molecule has 0 bridgehead atoms. The van der Waals surface area contributed by atoms with Gasteiger partial charge in [0, 0.05) is 19.3 Å². The van der Waals surface area contributed by atoms with Crippen LogP contribution in [0.4, 0.5) is 5.13 Å². The molecule has 0 spiro atoms. The van der Waals surface area contributed by atoms with Crippen LogP contribution in [0, 0.1) is 13.8 Å². The van der Waals surface area contributed by atoms with Crippen LogP contribution in [0.15, 0.2) is 36.7 Å². The summed E-state index contributed by atoms with van der Waals surface area (Å²) in [6.07, 6.45) is 3.44. The van der Waals surface area contributed by atoms with Crippen LogP contribution < -0.4 is 4.90 Å². The van der Waals surface area contributed by atoms with Crippen LogP contribution in [-0.4, -0.2) is 26.7 Å². The molecule has 0 atom stereocenters. The zero-order valence-corrected chi connectivity index (χ0v) is 16.5. The number of anilines is 1. The number of nitrogens with zero attached hydrogens (tertiary/aromatic N) is 3. The van der Waals surface area contributed by atoms with E-state index in [1.54, 1.807) is 17.3 Å². The summed E-state index contributed by atoms with van der Waals surface area (Å²) in [7, 11) is 0. The van der Waals surface area contributed by atoms with E-state index in [0.29, 0.717) is 11.7 Å². The van der Waals surface area contributed by atoms with Crippen molar-refractivity contribution >= 4 is 49.5 Å². The van der Waals surface area contributed by atoms with Crippen LogP contribution >= 0.6 is 23.1 Å². The number of rotatable bonds is 5. The van der Waals surface area contributed by atoms with Crippen molar-refractivity contribution in [3.05, 3.63) is 53.3 Å². The zero-order chi connectivity index (χ0) is 18.7. The van der Waals surface area contributed by atoms with Gasteiger partial charge in [0.2, 0.25) is 5.91 Å². The maximum atomic E-state index is 12.8. The average Bonchev–Trinajstić information content (AvgIpc) is 3.02. The molecule has 0 saturated heterocycles. The van der Waals surface area contributed by atoms with E-state index in [-0.39, 0.29) is 16.8 Å². The minimum atomic E-state index is -0.137. The molecule has 0 aliphatic rings. The fourth-order valence-corrected chi connectivity index (χ4v) is 4.29. The van der Waals surface area contributed by atoms with Gasteiger partial charge in [-0.25, -0.2) is 4.98 Å². The Labute approximate surface area is 160 Å². The van der Waals surface area contributed by atoms with E-state index in [1.165, 1.54) is 23.8 Å². The van der Waals surface area contributed by atoms with Gasteiger partial charge >= 0.3 is 0 Å². The molecule has 0 aliphatic heterocycles. The van der Waals surface area contributed by atoms with Gasteiger partial charge in [-0.1, -0.05) is 35.2 Å². The minimum absolute atomic E-state index is 0.0737. The molecule has 2 heterocycles. The topological polar surface area (TPSA) is 63.2 Å². The van der Waals surface area contributed by atoms with Crippen molar-refractivity contribution in [3.8, 4) is 0 Å². The molecule has 1 amide bonds. The highest BCUT2D eigenvalue weighted by atomic mass is 32.2. The van der Waals surface area contributed by atoms with E-state index >= 15 is 0 Å². The summed E-state index contributed by atoms with van der Waals surface area (Å²) < 4.78 is 1.06. The van der Waals surface area contributed by atoms with E-state index in [0.717, 1.165) is 33.1 Å². The second kappa shape index (κ2) is 7.97. The van der Waals surface area contributed by atoms with Crippen molar-refractivity contribution in [2.45, 2.75) is 27.3 Å². The Hall–Kier alpha value is -2.25. The van der Waals surface area contributed by atoms with Crippen molar-refractivity contribution in [2.75, 3.05) is 10.7 Å². The molecule has 3 rings (SSSR count). The monoisotopic (exact) mass is 385 g/mol. The van der Waals surface area contributed by atoms with Gasteiger partial charge in [-0.15, -0.1) is 0 Å². The fraction of sp³-hybridized carbons (Fsp3) is 0.263. The first kappa shape index (κ1) is 18.5. The smallest absolute Gasteiger partial charge is 0.239 e. The van der Waals surface area contributed by atoms with Crippen LogP contribution in [0.3, 0.4) is 0 Å². The molecule has 0 N–H and O–H groups in total. The molecule has 0 saturated carbocycles. The zero-order valence-electron chi connectivity index (χ0n) is 14.9. The van der Waals surface area contributed by atoms with E-state index < -0.39 is 0 Å². The lowest BCUT2D eigenvalue weighted by Gasteiger charge is -2.19. The molecule has 0 aliphatic carbocycles. The molecular formula is C19H19N3O2S2. The number of pyridine rings is 1. The van der Waals surface area contributed by atoms with Gasteiger partial charge in [0.25, 0.3) is 0 Å². The Bertz CT molecular complexity index is 954. The lowest BCUT2D eigenvalue weighted by atomic mass is 10.1. The Morgan fingerprint density at radius 2 is 2.08 bits per heavy atom. The van der Waals surface area contributed by atoms with Gasteiger partial charge in [0.1, 0.15) is 0 Å². The second-order valence-corrected chi connectivity index (χ2v) is 8.21. The normalized spacial score (nSPS) is 10.9. The summed E-state index contributed by atoms with van der Waals surface area (Å²) >= 11 is 2.51. The summed E-state index contributed by atoms with van der Waals surface area (Å²) in [6.45, 7) is 5.92. The number of carbonyl (C=O) groups is 2. The number of thiazole rings is 1. The molecule has 3 aromatic rings. The molecule has 0 fully saturated rings. The van der Waals surface area contributed by atoms with Gasteiger partial charge < -0.3 is 0 Å². The molecule has 2 aromatic heterocycles. The van der Waals surface area contributed by atoms with Crippen molar-refractivity contribution in [1.82, 2.24) is 9.97 Å². The second-order valence-electron chi connectivity index (χ2n) is 6.05. The lowest BCUT2D eigenvalue weighted by molar-refractivity contribution is -0.116. The van der Waals surface area contributed by atoms with Crippen molar-refractivity contribution in [3.63, 3.8) is 0 Å². The van der Waals surface area contributed by atoms with Crippen molar-refractivity contribution in [1.29, 1.82) is 0 Å². The number of thioether (sulfide) groups is 1. The number of carbonyl (C=O) groups excluding carboxylic acids is 2. The number of benzene rings is 1. The summed E-state index contributed by atoms with van der Waals surface area (Å²) in [6, 6.07) is 7.94. The van der Waals surface area contributed by atoms with Crippen LogP contribution in [0.25, 0.3) is 10.2 Å². The molecule has 134 valence electrons. The van der Waals surface area contributed by atoms with E-state index in [4.69, 9.17) is 4.98 Å². The van der Waals surface area contributed by atoms with Crippen LogP contribution in [0.1, 0.15) is 23.6 Å². The maximum Gasteiger partial charge on any atom is 0.239 e. The third-order valence-corrected chi connectivity index (χ3v) is 5.64. The maximum absolute atomic E-state index is 12.8. The Balaban J connectivity index is 1.97. The number of aromatic nitrogens is 2. The van der Waals surface area contributed by atoms with Gasteiger partial charge in [0.15, 0.2) is 10.2 Å². The molecule has 0 radical (unpaired) electrons. The molecule has 26 heavy (non-hydrogen) atoms. The van der Waals surface area contributed by atoms with Gasteiger partial charge in [-0.05, 0) is 42.7 Å². The lowest BCUT2D eigenvalue weighted by Crippen LogP contribution is -2.32. The number of amides is 1. The Kier molecular flexibility index (Phi) is 5.68. The molecular weight excluding hydrogens is 366 g/mol. The molecule has 5 nitrogen and oxygen atoms in total. The molecule has 7 heteroatoms. The third kappa shape index (κ3) is 4.28. The predicted molar refractivity (Wildman–Crippen MR) is 108 cm³/mol. The van der Waals surface area contributed by atoms with Crippen LogP contribution in [-0.2, 0) is 16.1 Å². The first-order valence-electron chi connectivity index (χ1n) is 8.14. The first-order chi connectivity index (χ1) is 12.4. The van der Waals surface area contributed by atoms with E-state index in [9.17, 15) is 9.59 Å². The van der Waals surface area contributed by atoms with Crippen LogP contribution in [0.5, 0.6) is 0 Å². The number of hydrogen-bond donors (Lipinski definition) is 0. The van der Waals surface area contributed by atoms with E-state index in [2.05, 4.69) is 17.1 Å². The summed E-state index contributed by atoms with van der Waals surface area (Å²) in [5, 5.41) is 0.571. The standard InChI is InChI=1S/C19H19N3O2S2/c1-12-7-13(2)18-16(8-12)26-19(21-18)22(17(24)11-25-14(3)23)10-15-5-4-6-20-9-15/h4-9H,10-11H2,1-3H3. The quantitative estimate of drug-likeness (QED) is 0.661. The number of aryl methyl sites for hydroxylation is 2. The summed E-state index contributed by atoms with van der Waals surface area (Å²) in [4.78, 5) is 34.5. The Morgan fingerprint density at radius 1 is 1.27 bits per heavy atom. The Morgan fingerprint density at radius 3 is 2.77 bits per heavy atom. The summed E-state index contributed by atoms with van der Waals surface area (Å²) in [5.74, 6) is -0.0359. The van der Waals surface area contributed by atoms with Gasteiger partial charge in [0.05, 0.1) is 22.5 Å². The average molecular weight is 386 g/mol. The largest absolute Gasteiger partial charge is 0.288 e. The predicted octanol–water partition coefficient (Wildman–Crippen LogP) is 4.12. The summed E-state index contributed by atoms with van der Waals surface area (Å²) in [5.41, 5.74) is 4.09. The fourth-order valence-electron chi connectivity index (χ4n) is 2.65. The van der Waals surface area contributed by atoms with Crippen LogP contribution in [0.2, 0.25) is 0 Å². The SMILES string of the molecule is CC(=O)SCC(=O)N(Cc1cccnc1)c1nc2c(C)cc(C)cc2s1. The molecule has 0 unspecified atom stereocenters. The highest BCUT2D eigenvalue weighted by molar-refractivity contribution is 8.14. The van der Waals surface area contributed by atoms with E-state index in [1.807, 2.05) is 26.0 Å².